The highest BCUT2D eigenvalue weighted by atomic mass is 16.6. The number of likely N-dealkylation sites (N-methyl/N-ethyl adjacent to an activating group) is 1. The van der Waals surface area contributed by atoms with Crippen LogP contribution in [0.2, 0.25) is 0 Å². The summed E-state index contributed by atoms with van der Waals surface area (Å²) in [7, 11) is 3.46. The van der Waals surface area contributed by atoms with E-state index in [0.29, 0.717) is 5.56 Å². The zero-order valence-electron chi connectivity index (χ0n) is 9.83. The first kappa shape index (κ1) is 13.6. The number of non-ortho nitro benzene ring substituents is 1. The molecule has 0 bridgehead atoms. The second-order valence-corrected chi connectivity index (χ2v) is 4.05. The van der Waals surface area contributed by atoms with Gasteiger partial charge in [0, 0.05) is 12.1 Å². The monoisotopic (exact) mass is 240 g/mol. The standard InChI is InChI=1S/C11H16N2O4/c1-12(2)11(7-14,8-15)9-3-5-10(6-4-9)13(16)17/h3-6,14-15H,7-8H2,1-2H3. The van der Waals surface area contributed by atoms with Gasteiger partial charge >= 0.3 is 0 Å². The van der Waals surface area contributed by atoms with Gasteiger partial charge in [-0.05, 0) is 19.7 Å². The van der Waals surface area contributed by atoms with Crippen molar-refractivity contribution in [2.24, 2.45) is 0 Å². The van der Waals surface area contributed by atoms with E-state index in [1.165, 1.54) is 12.1 Å². The van der Waals surface area contributed by atoms with Gasteiger partial charge in [0.25, 0.3) is 5.69 Å². The van der Waals surface area contributed by atoms with Crippen molar-refractivity contribution in [1.29, 1.82) is 0 Å². The van der Waals surface area contributed by atoms with Gasteiger partial charge in [-0.2, -0.15) is 0 Å². The second-order valence-electron chi connectivity index (χ2n) is 4.05. The molecule has 1 aromatic carbocycles. The highest BCUT2D eigenvalue weighted by Gasteiger charge is 2.33. The maximum atomic E-state index is 10.5. The number of hydrogen-bond acceptors (Lipinski definition) is 5. The molecule has 0 atom stereocenters. The minimum absolute atomic E-state index is 0.0164. The molecule has 0 aliphatic rings. The molecule has 0 saturated carbocycles. The molecule has 0 spiro atoms. The summed E-state index contributed by atoms with van der Waals surface area (Å²) in [4.78, 5) is 11.7. The van der Waals surface area contributed by atoms with Gasteiger partial charge in [0.05, 0.1) is 23.7 Å². The van der Waals surface area contributed by atoms with E-state index >= 15 is 0 Å². The van der Waals surface area contributed by atoms with E-state index < -0.39 is 10.5 Å². The minimum atomic E-state index is -0.921. The fraction of sp³-hybridized carbons (Fsp3) is 0.455. The van der Waals surface area contributed by atoms with Crippen molar-refractivity contribution in [3.63, 3.8) is 0 Å². The van der Waals surface area contributed by atoms with Crippen LogP contribution in [0.1, 0.15) is 5.56 Å². The number of rotatable bonds is 5. The Morgan fingerprint density at radius 2 is 1.71 bits per heavy atom. The van der Waals surface area contributed by atoms with Crippen LogP contribution in [0.15, 0.2) is 24.3 Å². The lowest BCUT2D eigenvalue weighted by molar-refractivity contribution is -0.384. The maximum absolute atomic E-state index is 10.5. The third kappa shape index (κ3) is 2.44. The predicted molar refractivity (Wildman–Crippen MR) is 62.6 cm³/mol. The Hall–Kier alpha value is -1.50. The molecule has 0 fully saturated rings. The SMILES string of the molecule is CN(C)C(CO)(CO)c1ccc([N+](=O)[O-])cc1. The molecule has 17 heavy (non-hydrogen) atoms. The molecular formula is C11H16N2O4. The quantitative estimate of drug-likeness (QED) is 0.572. The van der Waals surface area contributed by atoms with E-state index in [1.54, 1.807) is 31.1 Å². The van der Waals surface area contributed by atoms with Gasteiger partial charge in [-0.15, -0.1) is 0 Å². The Labute approximate surface area is 99.3 Å². The highest BCUT2D eigenvalue weighted by Crippen LogP contribution is 2.27. The Balaban J connectivity index is 3.16. The van der Waals surface area contributed by atoms with Gasteiger partial charge in [-0.25, -0.2) is 0 Å². The Bertz CT molecular complexity index is 385. The minimum Gasteiger partial charge on any atom is -0.394 e. The lowest BCUT2D eigenvalue weighted by Crippen LogP contribution is -2.47. The number of aliphatic hydroxyl groups is 2. The number of benzene rings is 1. The van der Waals surface area contributed by atoms with Crippen molar-refractivity contribution in [3.05, 3.63) is 39.9 Å². The molecule has 0 heterocycles. The average Bonchev–Trinajstić information content (AvgIpc) is 2.31. The van der Waals surface area contributed by atoms with Crippen LogP contribution < -0.4 is 0 Å². The van der Waals surface area contributed by atoms with E-state index in [-0.39, 0.29) is 18.9 Å². The first-order valence-electron chi connectivity index (χ1n) is 5.12. The average molecular weight is 240 g/mol. The summed E-state index contributed by atoms with van der Waals surface area (Å²) in [5, 5.41) is 29.4. The molecular weight excluding hydrogens is 224 g/mol. The van der Waals surface area contributed by atoms with Gasteiger partial charge in [-0.1, -0.05) is 12.1 Å². The summed E-state index contributed by atoms with van der Waals surface area (Å²) in [6, 6.07) is 5.81. The summed E-state index contributed by atoms with van der Waals surface area (Å²) in [6.45, 7) is -0.539. The van der Waals surface area contributed by atoms with Crippen LogP contribution in [0.4, 0.5) is 5.69 Å². The fourth-order valence-electron chi connectivity index (χ4n) is 1.67. The molecule has 1 rings (SSSR count). The molecule has 94 valence electrons. The fourth-order valence-corrected chi connectivity index (χ4v) is 1.67. The summed E-state index contributed by atoms with van der Waals surface area (Å²) in [6.07, 6.45) is 0. The molecule has 0 unspecified atom stereocenters. The Kier molecular flexibility index (Phi) is 4.17. The summed E-state index contributed by atoms with van der Waals surface area (Å²) >= 11 is 0. The third-order valence-electron chi connectivity index (χ3n) is 2.99. The molecule has 2 N–H and O–H groups in total. The molecule has 0 aliphatic carbocycles. The van der Waals surface area contributed by atoms with E-state index in [4.69, 9.17) is 0 Å². The van der Waals surface area contributed by atoms with Gasteiger partial charge in [-0.3, -0.25) is 15.0 Å². The van der Waals surface area contributed by atoms with Crippen LogP contribution in [0.3, 0.4) is 0 Å². The van der Waals surface area contributed by atoms with Gasteiger partial charge in [0.1, 0.15) is 0 Å². The zero-order chi connectivity index (χ0) is 13.1. The van der Waals surface area contributed by atoms with Crippen molar-refractivity contribution in [1.82, 2.24) is 4.90 Å². The van der Waals surface area contributed by atoms with Gasteiger partial charge < -0.3 is 10.2 Å². The van der Waals surface area contributed by atoms with Crippen molar-refractivity contribution in [2.75, 3.05) is 27.3 Å². The van der Waals surface area contributed by atoms with E-state index in [2.05, 4.69) is 0 Å². The molecule has 0 aromatic heterocycles. The summed E-state index contributed by atoms with van der Waals surface area (Å²) < 4.78 is 0. The topological polar surface area (TPSA) is 86.8 Å². The number of aliphatic hydroxyl groups excluding tert-OH is 2. The van der Waals surface area contributed by atoms with Gasteiger partial charge in [0.15, 0.2) is 0 Å². The van der Waals surface area contributed by atoms with Crippen LogP contribution in [-0.2, 0) is 5.54 Å². The van der Waals surface area contributed by atoms with Crippen molar-refractivity contribution in [2.45, 2.75) is 5.54 Å². The smallest absolute Gasteiger partial charge is 0.269 e. The van der Waals surface area contributed by atoms with Crippen LogP contribution in [0.25, 0.3) is 0 Å². The molecule has 0 amide bonds. The first-order valence-corrected chi connectivity index (χ1v) is 5.12. The number of nitrogens with zero attached hydrogens (tertiary/aromatic N) is 2. The number of nitro benzene ring substituents is 1. The second kappa shape index (κ2) is 5.22. The summed E-state index contributed by atoms with van der Waals surface area (Å²) in [5.41, 5.74) is -0.301. The Morgan fingerprint density at radius 3 is 2.00 bits per heavy atom. The van der Waals surface area contributed by atoms with Crippen molar-refractivity contribution in [3.8, 4) is 0 Å². The maximum Gasteiger partial charge on any atom is 0.269 e. The van der Waals surface area contributed by atoms with Crippen molar-refractivity contribution < 1.29 is 15.1 Å². The van der Waals surface area contributed by atoms with E-state index in [0.717, 1.165) is 0 Å². The lowest BCUT2D eigenvalue weighted by atomic mass is 9.90. The predicted octanol–water partition coefficient (Wildman–Crippen LogP) is 0.336. The molecule has 0 aliphatic heterocycles. The van der Waals surface area contributed by atoms with Crippen LogP contribution in [-0.4, -0.2) is 47.3 Å². The number of hydrogen-bond donors (Lipinski definition) is 2. The first-order chi connectivity index (χ1) is 7.97. The highest BCUT2D eigenvalue weighted by molar-refractivity contribution is 5.36. The van der Waals surface area contributed by atoms with Crippen LogP contribution in [0.5, 0.6) is 0 Å². The zero-order valence-corrected chi connectivity index (χ0v) is 9.83. The lowest BCUT2D eigenvalue weighted by Gasteiger charge is -2.37. The van der Waals surface area contributed by atoms with Gasteiger partial charge in [0.2, 0.25) is 0 Å². The van der Waals surface area contributed by atoms with Crippen LogP contribution >= 0.6 is 0 Å². The number of nitro groups is 1. The summed E-state index contributed by atoms with van der Waals surface area (Å²) in [5.74, 6) is 0. The van der Waals surface area contributed by atoms with E-state index in [9.17, 15) is 20.3 Å². The van der Waals surface area contributed by atoms with Crippen molar-refractivity contribution >= 4 is 5.69 Å². The Morgan fingerprint density at radius 1 is 1.24 bits per heavy atom. The molecule has 0 radical (unpaired) electrons. The molecule has 6 heteroatoms. The molecule has 1 aromatic rings. The largest absolute Gasteiger partial charge is 0.394 e. The molecule has 6 nitrogen and oxygen atoms in total. The molecule has 0 saturated heterocycles. The normalized spacial score (nSPS) is 11.8. The third-order valence-corrected chi connectivity index (χ3v) is 2.99. The van der Waals surface area contributed by atoms with E-state index in [1.807, 2.05) is 0 Å². The van der Waals surface area contributed by atoms with Crippen LogP contribution in [0, 0.1) is 10.1 Å².